The first-order valence-electron chi connectivity index (χ1n) is 8.54. The zero-order chi connectivity index (χ0) is 14.1. The van der Waals surface area contributed by atoms with Gasteiger partial charge in [-0.25, -0.2) is 4.79 Å². The number of carbonyl (C=O) groups excluding carboxylic acids is 1. The number of rotatable bonds is 2. The van der Waals surface area contributed by atoms with Gasteiger partial charge in [0.1, 0.15) is 0 Å². The van der Waals surface area contributed by atoms with Gasteiger partial charge in [0.2, 0.25) is 0 Å². The molecule has 0 aromatic rings. The van der Waals surface area contributed by atoms with Gasteiger partial charge in [-0.1, -0.05) is 13.8 Å². The molecule has 1 aliphatic heterocycles. The van der Waals surface area contributed by atoms with Crippen molar-refractivity contribution < 1.29 is 4.79 Å². The highest BCUT2D eigenvalue weighted by Gasteiger charge is 2.60. The molecule has 4 aliphatic carbocycles. The number of carbonyl (C=O) groups is 1. The molecule has 0 aromatic carbocycles. The summed E-state index contributed by atoms with van der Waals surface area (Å²) < 4.78 is 0. The summed E-state index contributed by atoms with van der Waals surface area (Å²) in [5, 5.41) is 3.14. The molecule has 0 spiro atoms. The Labute approximate surface area is 122 Å². The van der Waals surface area contributed by atoms with Gasteiger partial charge in [-0.2, -0.15) is 0 Å². The monoisotopic (exact) mass is 276 g/mol. The average molecular weight is 276 g/mol. The van der Waals surface area contributed by atoms with Crippen LogP contribution in [-0.2, 0) is 0 Å². The number of hydrogen-bond acceptors (Lipinski definition) is 1. The molecule has 5 rings (SSSR count). The molecule has 5 fully saturated rings. The van der Waals surface area contributed by atoms with E-state index in [1.807, 2.05) is 7.05 Å². The van der Waals surface area contributed by atoms with Gasteiger partial charge >= 0.3 is 6.03 Å². The van der Waals surface area contributed by atoms with Gasteiger partial charge in [0, 0.05) is 13.6 Å². The molecule has 0 radical (unpaired) electrons. The summed E-state index contributed by atoms with van der Waals surface area (Å²) in [6.45, 7) is 5.51. The highest BCUT2D eigenvalue weighted by Crippen LogP contribution is 2.61. The molecule has 3 nitrogen and oxygen atoms in total. The van der Waals surface area contributed by atoms with E-state index in [0.29, 0.717) is 5.92 Å². The number of urea groups is 1. The van der Waals surface area contributed by atoms with Crippen LogP contribution in [0.25, 0.3) is 0 Å². The third kappa shape index (κ3) is 1.50. The minimum Gasteiger partial charge on any atom is -0.336 e. The molecule has 1 atom stereocenters. The van der Waals surface area contributed by atoms with Crippen molar-refractivity contribution in [3.63, 3.8) is 0 Å². The van der Waals surface area contributed by atoms with Gasteiger partial charge in [-0.15, -0.1) is 0 Å². The maximum atomic E-state index is 12.1. The molecule has 0 unspecified atom stereocenters. The minimum atomic E-state index is 0.0691. The molecule has 5 aliphatic rings. The third-order valence-electron chi connectivity index (χ3n) is 7.26. The van der Waals surface area contributed by atoms with E-state index in [2.05, 4.69) is 24.1 Å². The molecule has 20 heavy (non-hydrogen) atoms. The van der Waals surface area contributed by atoms with Crippen LogP contribution in [0, 0.1) is 35.5 Å². The summed E-state index contributed by atoms with van der Waals surface area (Å²) >= 11 is 0. The maximum Gasteiger partial charge on any atom is 0.317 e. The van der Waals surface area contributed by atoms with E-state index in [9.17, 15) is 4.79 Å². The number of amides is 2. The first-order chi connectivity index (χ1) is 9.52. The summed E-state index contributed by atoms with van der Waals surface area (Å²) in [7, 11) is 2.04. The molecule has 1 saturated heterocycles. The Hall–Kier alpha value is -0.730. The first-order valence-corrected chi connectivity index (χ1v) is 8.54. The average Bonchev–Trinajstić information content (AvgIpc) is 2.67. The molecule has 0 aromatic heterocycles. The number of hydrogen-bond donors (Lipinski definition) is 1. The second-order valence-corrected chi connectivity index (χ2v) is 8.32. The van der Waals surface area contributed by atoms with Crippen LogP contribution in [0.1, 0.15) is 46.0 Å². The van der Waals surface area contributed by atoms with Crippen LogP contribution in [0.2, 0.25) is 0 Å². The summed E-state index contributed by atoms with van der Waals surface area (Å²) in [6.07, 6.45) is 7.26. The second-order valence-electron chi connectivity index (χ2n) is 8.32. The van der Waals surface area contributed by atoms with Gasteiger partial charge in [0.05, 0.1) is 5.54 Å². The number of nitrogens with one attached hydrogen (secondary N) is 1. The van der Waals surface area contributed by atoms with E-state index in [1.54, 1.807) is 0 Å². The lowest BCUT2D eigenvalue weighted by Gasteiger charge is -2.61. The van der Waals surface area contributed by atoms with Crippen molar-refractivity contribution >= 4 is 6.03 Å². The minimum absolute atomic E-state index is 0.0691. The van der Waals surface area contributed by atoms with Crippen molar-refractivity contribution in [3.8, 4) is 0 Å². The van der Waals surface area contributed by atoms with Gasteiger partial charge in [0.25, 0.3) is 0 Å². The van der Waals surface area contributed by atoms with Crippen LogP contribution in [-0.4, -0.2) is 30.1 Å². The smallest absolute Gasteiger partial charge is 0.317 e. The molecule has 1 heterocycles. The highest BCUT2D eigenvalue weighted by molar-refractivity contribution is 5.77. The van der Waals surface area contributed by atoms with Crippen molar-refractivity contribution in [2.45, 2.75) is 51.5 Å². The maximum absolute atomic E-state index is 12.1. The van der Waals surface area contributed by atoms with Crippen LogP contribution in [0.15, 0.2) is 0 Å². The Bertz CT molecular complexity index is 405. The SMILES string of the molecule is CC(C)[C@]1(C2C3CC4CC(C3)CC2C4)CNC(=O)N1C. The van der Waals surface area contributed by atoms with Gasteiger partial charge < -0.3 is 10.2 Å². The first kappa shape index (κ1) is 13.0. The summed E-state index contributed by atoms with van der Waals surface area (Å²) in [6, 6.07) is 0.146. The molecule has 1 N–H and O–H groups in total. The van der Waals surface area contributed by atoms with Crippen LogP contribution in [0.4, 0.5) is 4.79 Å². The Balaban J connectivity index is 1.73. The second kappa shape index (κ2) is 4.14. The van der Waals surface area contributed by atoms with Gasteiger partial charge in [0.15, 0.2) is 0 Å². The topological polar surface area (TPSA) is 32.3 Å². The van der Waals surface area contributed by atoms with Crippen LogP contribution >= 0.6 is 0 Å². The van der Waals surface area contributed by atoms with E-state index in [4.69, 9.17) is 0 Å². The van der Waals surface area contributed by atoms with Crippen molar-refractivity contribution in [2.75, 3.05) is 13.6 Å². The van der Waals surface area contributed by atoms with E-state index in [0.717, 1.165) is 36.1 Å². The summed E-state index contributed by atoms with van der Waals surface area (Å²) in [5.74, 6) is 5.04. The molecular formula is C17H28N2O. The lowest BCUT2D eigenvalue weighted by molar-refractivity contribution is -0.105. The van der Waals surface area contributed by atoms with Crippen molar-refractivity contribution in [1.29, 1.82) is 0 Å². The van der Waals surface area contributed by atoms with E-state index < -0.39 is 0 Å². The largest absolute Gasteiger partial charge is 0.336 e. The van der Waals surface area contributed by atoms with E-state index in [-0.39, 0.29) is 11.6 Å². The molecule has 112 valence electrons. The predicted molar refractivity (Wildman–Crippen MR) is 79.3 cm³/mol. The van der Waals surface area contributed by atoms with Crippen LogP contribution in [0.3, 0.4) is 0 Å². The molecule has 4 saturated carbocycles. The van der Waals surface area contributed by atoms with Crippen molar-refractivity contribution in [1.82, 2.24) is 10.2 Å². The Morgan fingerprint density at radius 3 is 2.05 bits per heavy atom. The van der Waals surface area contributed by atoms with Crippen LogP contribution in [0.5, 0.6) is 0 Å². The molecule has 2 amide bonds. The van der Waals surface area contributed by atoms with Crippen LogP contribution < -0.4 is 5.32 Å². The van der Waals surface area contributed by atoms with Gasteiger partial charge in [-0.3, -0.25) is 0 Å². The Morgan fingerprint density at radius 2 is 1.65 bits per heavy atom. The summed E-state index contributed by atoms with van der Waals surface area (Å²) in [5.41, 5.74) is 0.0691. The lowest BCUT2D eigenvalue weighted by Crippen LogP contribution is -2.63. The zero-order valence-corrected chi connectivity index (χ0v) is 13.1. The van der Waals surface area contributed by atoms with Crippen molar-refractivity contribution in [2.24, 2.45) is 35.5 Å². The fraction of sp³-hybridized carbons (Fsp3) is 0.941. The predicted octanol–water partition coefficient (Wildman–Crippen LogP) is 3.11. The Morgan fingerprint density at radius 1 is 1.10 bits per heavy atom. The highest BCUT2D eigenvalue weighted by atomic mass is 16.2. The lowest BCUT2D eigenvalue weighted by atomic mass is 9.47. The zero-order valence-electron chi connectivity index (χ0n) is 13.1. The molecular weight excluding hydrogens is 248 g/mol. The number of likely N-dealkylation sites (N-methyl/N-ethyl adjacent to an activating group) is 1. The Kier molecular flexibility index (Phi) is 2.69. The van der Waals surface area contributed by atoms with Crippen molar-refractivity contribution in [3.05, 3.63) is 0 Å². The molecule has 3 heteroatoms. The number of nitrogens with zero attached hydrogens (tertiary/aromatic N) is 1. The third-order valence-corrected chi connectivity index (χ3v) is 7.26. The van der Waals surface area contributed by atoms with E-state index >= 15 is 0 Å². The fourth-order valence-corrected chi connectivity index (χ4v) is 6.70. The quantitative estimate of drug-likeness (QED) is 0.826. The summed E-state index contributed by atoms with van der Waals surface area (Å²) in [4.78, 5) is 14.2. The fourth-order valence-electron chi connectivity index (χ4n) is 6.70. The van der Waals surface area contributed by atoms with Gasteiger partial charge in [-0.05, 0) is 67.6 Å². The van der Waals surface area contributed by atoms with E-state index in [1.165, 1.54) is 32.1 Å². The molecule has 4 bridgehead atoms. The standard InChI is InChI=1S/C17H28N2O/c1-10(2)17(9-18-16(20)19(17)3)15-13-5-11-4-12(7-13)8-14(15)6-11/h10-15H,4-9H2,1-3H3,(H,18,20)/t11?,12?,13?,14?,15?,17-/m0/s1. The normalized spacial score (nSPS) is 50.1.